The number of thiophene rings is 1. The molecule has 7 nitrogen and oxygen atoms in total. The molecule has 1 aliphatic carbocycles. The molecule has 0 aromatic carbocycles. The standard InChI is InChI=1S/C19H25NO6S/c1-11(2)26-19(24)17-13-6-4-5-7-14(13)27-18(17)20-15(22)10-25-16(23)9-8-12(3)21/h11H,4-10H2,1-3H3,(H,20,22). The van der Waals surface area contributed by atoms with Crippen molar-refractivity contribution < 1.29 is 28.7 Å². The predicted molar refractivity (Wildman–Crippen MR) is 101 cm³/mol. The summed E-state index contributed by atoms with van der Waals surface area (Å²) >= 11 is 1.38. The summed E-state index contributed by atoms with van der Waals surface area (Å²) in [5.41, 5.74) is 1.37. The summed E-state index contributed by atoms with van der Waals surface area (Å²) in [5, 5.41) is 3.12. The summed E-state index contributed by atoms with van der Waals surface area (Å²) in [4.78, 5) is 48.2. The first-order valence-corrected chi connectivity index (χ1v) is 9.90. The van der Waals surface area contributed by atoms with Crippen LogP contribution in [0.3, 0.4) is 0 Å². The number of fused-ring (bicyclic) bond motifs is 1. The maximum absolute atomic E-state index is 12.5. The highest BCUT2D eigenvalue weighted by molar-refractivity contribution is 7.17. The molecule has 8 heteroatoms. The molecule has 0 saturated carbocycles. The van der Waals surface area contributed by atoms with Crippen LogP contribution in [0.4, 0.5) is 5.00 Å². The van der Waals surface area contributed by atoms with Crippen molar-refractivity contribution in [2.24, 2.45) is 0 Å². The van der Waals surface area contributed by atoms with Crippen molar-refractivity contribution in [1.29, 1.82) is 0 Å². The van der Waals surface area contributed by atoms with Gasteiger partial charge < -0.3 is 19.6 Å². The summed E-state index contributed by atoms with van der Waals surface area (Å²) in [6.45, 7) is 4.47. The summed E-state index contributed by atoms with van der Waals surface area (Å²) in [6.07, 6.45) is 3.47. The van der Waals surface area contributed by atoms with Gasteiger partial charge in [0.1, 0.15) is 10.8 Å². The van der Waals surface area contributed by atoms with Gasteiger partial charge in [-0.25, -0.2) is 4.79 Å². The van der Waals surface area contributed by atoms with E-state index < -0.39 is 24.5 Å². The Balaban J connectivity index is 2.05. The Morgan fingerprint density at radius 1 is 1.11 bits per heavy atom. The average molecular weight is 395 g/mol. The predicted octanol–water partition coefficient (Wildman–Crippen LogP) is 3.04. The molecule has 0 atom stereocenters. The number of anilines is 1. The van der Waals surface area contributed by atoms with Crippen LogP contribution < -0.4 is 5.32 Å². The SMILES string of the molecule is CC(=O)CCC(=O)OCC(=O)Nc1sc2c(c1C(=O)OC(C)C)CCCC2. The molecule has 1 aliphatic rings. The highest BCUT2D eigenvalue weighted by Crippen LogP contribution is 2.38. The second kappa shape index (κ2) is 9.64. The van der Waals surface area contributed by atoms with E-state index in [0.717, 1.165) is 36.1 Å². The van der Waals surface area contributed by atoms with Gasteiger partial charge in [0, 0.05) is 11.3 Å². The molecule has 0 fully saturated rings. The molecule has 1 heterocycles. The minimum atomic E-state index is -0.606. The molecule has 0 radical (unpaired) electrons. The lowest BCUT2D eigenvalue weighted by Gasteiger charge is -2.14. The van der Waals surface area contributed by atoms with Crippen LogP contribution in [0.2, 0.25) is 0 Å². The maximum atomic E-state index is 12.5. The van der Waals surface area contributed by atoms with Gasteiger partial charge in [-0.05, 0) is 52.0 Å². The maximum Gasteiger partial charge on any atom is 0.341 e. The van der Waals surface area contributed by atoms with Crippen LogP contribution in [0.15, 0.2) is 0 Å². The Hall–Kier alpha value is -2.22. The Morgan fingerprint density at radius 2 is 1.81 bits per heavy atom. The zero-order chi connectivity index (χ0) is 20.0. The van der Waals surface area contributed by atoms with E-state index in [1.807, 2.05) is 0 Å². The zero-order valence-corrected chi connectivity index (χ0v) is 16.7. The fraction of sp³-hybridized carbons (Fsp3) is 0.579. The first-order chi connectivity index (χ1) is 12.8. The first kappa shape index (κ1) is 21.1. The van der Waals surface area contributed by atoms with Crippen molar-refractivity contribution in [3.05, 3.63) is 16.0 Å². The smallest absolute Gasteiger partial charge is 0.341 e. The Labute approximate surface area is 162 Å². The molecular weight excluding hydrogens is 370 g/mol. The number of nitrogens with one attached hydrogen (secondary N) is 1. The molecule has 0 bridgehead atoms. The Morgan fingerprint density at radius 3 is 2.48 bits per heavy atom. The Bertz CT molecular complexity index is 737. The summed E-state index contributed by atoms with van der Waals surface area (Å²) < 4.78 is 10.2. The van der Waals surface area contributed by atoms with E-state index in [-0.39, 0.29) is 24.7 Å². The molecule has 2 rings (SSSR count). The minimum absolute atomic E-state index is 0.0537. The lowest BCUT2D eigenvalue weighted by Crippen LogP contribution is -2.22. The summed E-state index contributed by atoms with van der Waals surface area (Å²) in [6, 6.07) is 0. The molecule has 0 aliphatic heterocycles. The van der Waals surface area contributed by atoms with Gasteiger partial charge >= 0.3 is 11.9 Å². The number of amides is 1. The third-order valence-corrected chi connectivity index (χ3v) is 5.22. The second-order valence-electron chi connectivity index (χ2n) is 6.78. The second-order valence-corrected chi connectivity index (χ2v) is 7.89. The van der Waals surface area contributed by atoms with Crippen LogP contribution in [0.25, 0.3) is 0 Å². The van der Waals surface area contributed by atoms with Gasteiger partial charge in [0.2, 0.25) is 0 Å². The van der Waals surface area contributed by atoms with Crippen molar-refractivity contribution in [2.75, 3.05) is 11.9 Å². The van der Waals surface area contributed by atoms with E-state index in [2.05, 4.69) is 5.32 Å². The number of hydrogen-bond acceptors (Lipinski definition) is 7. The van der Waals surface area contributed by atoms with E-state index in [9.17, 15) is 19.2 Å². The number of ketones is 1. The van der Waals surface area contributed by atoms with Gasteiger partial charge in [-0.2, -0.15) is 0 Å². The lowest BCUT2D eigenvalue weighted by atomic mass is 9.95. The Kier molecular flexibility index (Phi) is 7.53. The quantitative estimate of drug-likeness (QED) is 0.679. The number of carbonyl (C=O) groups is 4. The van der Waals surface area contributed by atoms with E-state index in [4.69, 9.17) is 9.47 Å². The highest BCUT2D eigenvalue weighted by Gasteiger charge is 2.28. The number of ether oxygens (including phenoxy) is 2. The number of hydrogen-bond donors (Lipinski definition) is 1. The fourth-order valence-electron chi connectivity index (χ4n) is 2.80. The van der Waals surface area contributed by atoms with Gasteiger partial charge in [-0.1, -0.05) is 0 Å². The summed E-state index contributed by atoms with van der Waals surface area (Å²) in [7, 11) is 0. The third-order valence-electron chi connectivity index (χ3n) is 4.02. The molecule has 27 heavy (non-hydrogen) atoms. The highest BCUT2D eigenvalue weighted by atomic mass is 32.1. The normalized spacial score (nSPS) is 13.0. The van der Waals surface area contributed by atoms with E-state index in [0.29, 0.717) is 10.6 Å². The molecule has 148 valence electrons. The molecule has 0 spiro atoms. The minimum Gasteiger partial charge on any atom is -0.459 e. The molecule has 1 amide bonds. The van der Waals surface area contributed by atoms with Crippen molar-refractivity contribution in [3.63, 3.8) is 0 Å². The topological polar surface area (TPSA) is 98.8 Å². The number of carbonyl (C=O) groups excluding carboxylic acids is 4. The lowest BCUT2D eigenvalue weighted by molar-refractivity contribution is -0.148. The van der Waals surface area contributed by atoms with Crippen LogP contribution in [0.1, 0.15) is 67.3 Å². The van der Waals surface area contributed by atoms with Crippen molar-refractivity contribution in [3.8, 4) is 0 Å². The van der Waals surface area contributed by atoms with Crippen LogP contribution in [-0.4, -0.2) is 36.3 Å². The number of aryl methyl sites for hydroxylation is 1. The van der Waals surface area contributed by atoms with Crippen LogP contribution in [0, 0.1) is 0 Å². The van der Waals surface area contributed by atoms with E-state index >= 15 is 0 Å². The van der Waals surface area contributed by atoms with E-state index in [1.54, 1.807) is 13.8 Å². The van der Waals surface area contributed by atoms with Gasteiger partial charge in [0.25, 0.3) is 5.91 Å². The molecule has 1 aromatic rings. The molecular formula is C19H25NO6S. The first-order valence-electron chi connectivity index (χ1n) is 9.08. The van der Waals surface area contributed by atoms with Crippen LogP contribution in [0.5, 0.6) is 0 Å². The van der Waals surface area contributed by atoms with Crippen LogP contribution >= 0.6 is 11.3 Å². The zero-order valence-electron chi connectivity index (χ0n) is 15.9. The van der Waals surface area contributed by atoms with Gasteiger partial charge in [-0.15, -0.1) is 11.3 Å². The van der Waals surface area contributed by atoms with Crippen molar-refractivity contribution in [1.82, 2.24) is 0 Å². The summed E-state index contributed by atoms with van der Waals surface area (Å²) in [5.74, 6) is -1.69. The average Bonchev–Trinajstić information content (AvgIpc) is 2.95. The monoisotopic (exact) mass is 395 g/mol. The number of rotatable bonds is 8. The van der Waals surface area contributed by atoms with Gasteiger partial charge in [-0.3, -0.25) is 9.59 Å². The molecule has 1 N–H and O–H groups in total. The number of Topliss-reactive ketones (excluding diaryl/α,β-unsaturated/α-hetero) is 1. The van der Waals surface area contributed by atoms with E-state index in [1.165, 1.54) is 18.3 Å². The van der Waals surface area contributed by atoms with Crippen molar-refractivity contribution in [2.45, 2.75) is 65.4 Å². The number of esters is 2. The van der Waals surface area contributed by atoms with Gasteiger partial charge in [0.15, 0.2) is 6.61 Å². The molecule has 0 saturated heterocycles. The van der Waals surface area contributed by atoms with Crippen molar-refractivity contribution >= 4 is 40.0 Å². The molecule has 1 aromatic heterocycles. The van der Waals surface area contributed by atoms with Gasteiger partial charge in [0.05, 0.1) is 18.1 Å². The fourth-order valence-corrected chi connectivity index (χ4v) is 4.10. The molecule has 0 unspecified atom stereocenters. The third kappa shape index (κ3) is 6.16. The largest absolute Gasteiger partial charge is 0.459 e. The van der Waals surface area contributed by atoms with Crippen LogP contribution in [-0.2, 0) is 36.7 Å².